The molecule has 0 saturated carbocycles. The summed E-state index contributed by atoms with van der Waals surface area (Å²) in [6, 6.07) is 14.3. The van der Waals surface area contributed by atoms with E-state index < -0.39 is 12.1 Å². The zero-order valence-corrected chi connectivity index (χ0v) is 23.1. The van der Waals surface area contributed by atoms with Crippen LogP contribution < -0.4 is 11.1 Å². The molecule has 3 unspecified atom stereocenters. The van der Waals surface area contributed by atoms with E-state index in [1.54, 1.807) is 9.58 Å². The van der Waals surface area contributed by atoms with Crippen LogP contribution in [0.5, 0.6) is 0 Å². The summed E-state index contributed by atoms with van der Waals surface area (Å²) in [6.45, 7) is 3.96. The van der Waals surface area contributed by atoms with Gasteiger partial charge in [0.25, 0.3) is 0 Å². The number of aromatic nitrogens is 3. The summed E-state index contributed by atoms with van der Waals surface area (Å²) in [6.07, 6.45) is 5.09. The Morgan fingerprint density at radius 1 is 1.20 bits per heavy atom. The predicted octanol–water partition coefficient (Wildman–Crippen LogP) is 2.12. The smallest absolute Gasteiger partial charge is 0.243 e. The van der Waals surface area contributed by atoms with Gasteiger partial charge in [-0.25, -0.2) is 4.68 Å². The van der Waals surface area contributed by atoms with Gasteiger partial charge in [-0.1, -0.05) is 29.5 Å². The number of fused-ring (bicyclic) bond motifs is 1. The van der Waals surface area contributed by atoms with E-state index in [0.29, 0.717) is 37.9 Å². The van der Waals surface area contributed by atoms with E-state index in [-0.39, 0.29) is 17.7 Å². The standard InChI is InChI=1S/C30H38N8O2/c1-36-27-11-10-21(16-26(27)34-35-36)19-33-29(39)28-17-22(15-23-7-2-3-8-24(23)18-31)20-38(28)30(40)25(32)9-6-14-37-12-4-5-13-37/h2-3,7-8,10-11,16,22,25,28H,4-6,9,12-15,17,19-20,32H2,1H3,(H,33,39). The Hall–Kier alpha value is -3.81. The van der Waals surface area contributed by atoms with Crippen molar-refractivity contribution in [3.05, 3.63) is 59.2 Å². The Bertz CT molecular complexity index is 1390. The van der Waals surface area contributed by atoms with E-state index in [1.807, 2.05) is 49.5 Å². The van der Waals surface area contributed by atoms with Crippen LogP contribution in [0.25, 0.3) is 11.0 Å². The number of hydrogen-bond acceptors (Lipinski definition) is 7. The van der Waals surface area contributed by atoms with E-state index in [2.05, 4.69) is 26.6 Å². The minimum atomic E-state index is -0.637. The first-order chi connectivity index (χ1) is 19.4. The number of nitriles is 1. The minimum Gasteiger partial charge on any atom is -0.350 e. The van der Waals surface area contributed by atoms with Crippen LogP contribution in [0.3, 0.4) is 0 Å². The summed E-state index contributed by atoms with van der Waals surface area (Å²) < 4.78 is 1.71. The van der Waals surface area contributed by atoms with Crippen LogP contribution in [-0.2, 0) is 29.6 Å². The molecule has 2 aliphatic rings. The van der Waals surface area contributed by atoms with Gasteiger partial charge in [-0.05, 0) is 93.4 Å². The van der Waals surface area contributed by atoms with E-state index in [1.165, 1.54) is 12.8 Å². The lowest BCUT2D eigenvalue weighted by atomic mass is 9.94. The molecule has 2 aliphatic heterocycles. The van der Waals surface area contributed by atoms with E-state index in [0.717, 1.165) is 48.2 Å². The van der Waals surface area contributed by atoms with Crippen LogP contribution in [0, 0.1) is 17.2 Å². The molecular formula is C30H38N8O2. The molecule has 40 heavy (non-hydrogen) atoms. The van der Waals surface area contributed by atoms with Crippen molar-refractivity contribution in [2.75, 3.05) is 26.2 Å². The molecule has 0 radical (unpaired) electrons. The van der Waals surface area contributed by atoms with Gasteiger partial charge in [0.15, 0.2) is 0 Å². The second-order valence-corrected chi connectivity index (χ2v) is 11.1. The number of rotatable bonds is 10. The number of amides is 2. The highest BCUT2D eigenvalue weighted by molar-refractivity contribution is 5.90. The highest BCUT2D eigenvalue weighted by Gasteiger charge is 2.41. The first-order valence-corrected chi connectivity index (χ1v) is 14.3. The Morgan fingerprint density at radius 3 is 2.80 bits per heavy atom. The molecule has 3 N–H and O–H groups in total. The van der Waals surface area contributed by atoms with Gasteiger partial charge in [-0.3, -0.25) is 9.59 Å². The number of hydrogen-bond donors (Lipinski definition) is 2. The first kappa shape index (κ1) is 27.7. The van der Waals surface area contributed by atoms with Gasteiger partial charge in [0, 0.05) is 20.1 Å². The molecule has 3 heterocycles. The van der Waals surface area contributed by atoms with Crippen LogP contribution >= 0.6 is 0 Å². The summed E-state index contributed by atoms with van der Waals surface area (Å²) in [7, 11) is 1.84. The van der Waals surface area contributed by atoms with Gasteiger partial charge >= 0.3 is 0 Å². The van der Waals surface area contributed by atoms with Crippen LogP contribution in [0.4, 0.5) is 0 Å². The van der Waals surface area contributed by atoms with Crippen molar-refractivity contribution in [2.45, 2.75) is 57.2 Å². The van der Waals surface area contributed by atoms with Crippen molar-refractivity contribution >= 4 is 22.8 Å². The highest BCUT2D eigenvalue weighted by atomic mass is 16.2. The number of aryl methyl sites for hydroxylation is 1. The predicted molar refractivity (Wildman–Crippen MR) is 152 cm³/mol. The van der Waals surface area contributed by atoms with Crippen molar-refractivity contribution in [3.8, 4) is 6.07 Å². The third-order valence-electron chi connectivity index (χ3n) is 8.27. The second-order valence-electron chi connectivity index (χ2n) is 11.1. The molecule has 210 valence electrons. The second kappa shape index (κ2) is 12.6. The van der Waals surface area contributed by atoms with E-state index >= 15 is 0 Å². The van der Waals surface area contributed by atoms with Gasteiger partial charge in [0.2, 0.25) is 11.8 Å². The molecular weight excluding hydrogens is 504 g/mol. The third-order valence-corrected chi connectivity index (χ3v) is 8.27. The van der Waals surface area contributed by atoms with Crippen molar-refractivity contribution in [1.29, 1.82) is 5.26 Å². The summed E-state index contributed by atoms with van der Waals surface area (Å²) in [5.41, 5.74) is 10.6. The monoisotopic (exact) mass is 542 g/mol. The van der Waals surface area contributed by atoms with Gasteiger partial charge in [0.05, 0.1) is 23.2 Å². The Labute approximate surface area is 235 Å². The fourth-order valence-corrected chi connectivity index (χ4v) is 6.06. The molecule has 1 aromatic heterocycles. The molecule has 5 rings (SSSR count). The maximum atomic E-state index is 13.6. The number of benzene rings is 2. The van der Waals surface area contributed by atoms with Crippen molar-refractivity contribution in [3.63, 3.8) is 0 Å². The molecule has 2 fully saturated rings. The molecule has 3 atom stereocenters. The number of nitrogens with zero attached hydrogens (tertiary/aromatic N) is 6. The van der Waals surface area contributed by atoms with E-state index in [4.69, 9.17) is 5.73 Å². The van der Waals surface area contributed by atoms with Crippen LogP contribution in [0.1, 0.15) is 48.8 Å². The number of nitrogens with one attached hydrogen (secondary N) is 1. The lowest BCUT2D eigenvalue weighted by Gasteiger charge is -2.27. The van der Waals surface area contributed by atoms with Gasteiger partial charge in [-0.2, -0.15) is 5.26 Å². The summed E-state index contributed by atoms with van der Waals surface area (Å²) in [5.74, 6) is -0.298. The Kier molecular flexibility index (Phi) is 8.72. The Morgan fingerprint density at radius 2 is 2.00 bits per heavy atom. The fraction of sp³-hybridized carbons (Fsp3) is 0.500. The van der Waals surface area contributed by atoms with Crippen LogP contribution in [0.2, 0.25) is 0 Å². The zero-order chi connectivity index (χ0) is 28.1. The zero-order valence-electron chi connectivity index (χ0n) is 23.1. The lowest BCUT2D eigenvalue weighted by molar-refractivity contribution is -0.139. The normalized spacial score (nSPS) is 20.1. The molecule has 0 spiro atoms. The van der Waals surface area contributed by atoms with Gasteiger partial charge in [-0.15, -0.1) is 5.10 Å². The van der Waals surface area contributed by atoms with Crippen molar-refractivity contribution in [2.24, 2.45) is 18.7 Å². The van der Waals surface area contributed by atoms with Crippen molar-refractivity contribution < 1.29 is 9.59 Å². The molecule has 2 saturated heterocycles. The summed E-state index contributed by atoms with van der Waals surface area (Å²) >= 11 is 0. The minimum absolute atomic E-state index is 0.0574. The number of carbonyl (C=O) groups excluding carboxylic acids is 2. The van der Waals surface area contributed by atoms with Crippen molar-refractivity contribution in [1.82, 2.24) is 30.1 Å². The molecule has 0 aliphatic carbocycles. The molecule has 10 heteroatoms. The van der Waals surface area contributed by atoms with Crippen LogP contribution in [-0.4, -0.2) is 74.9 Å². The third kappa shape index (κ3) is 6.32. The number of carbonyl (C=O) groups is 2. The van der Waals surface area contributed by atoms with Crippen LogP contribution in [0.15, 0.2) is 42.5 Å². The molecule has 0 bridgehead atoms. The molecule has 2 amide bonds. The molecule has 3 aromatic rings. The number of nitrogens with two attached hydrogens (primary N) is 1. The maximum Gasteiger partial charge on any atom is 0.243 e. The van der Waals surface area contributed by atoms with E-state index in [9.17, 15) is 14.9 Å². The summed E-state index contributed by atoms with van der Waals surface area (Å²) in [4.78, 5) is 31.2. The van der Waals surface area contributed by atoms with Gasteiger partial charge in [0.1, 0.15) is 11.6 Å². The quantitative estimate of drug-likeness (QED) is 0.401. The maximum absolute atomic E-state index is 13.6. The number of likely N-dealkylation sites (tertiary alicyclic amines) is 2. The highest BCUT2D eigenvalue weighted by Crippen LogP contribution is 2.29. The lowest BCUT2D eigenvalue weighted by Crippen LogP contribution is -2.51. The fourth-order valence-electron chi connectivity index (χ4n) is 6.06. The topological polar surface area (TPSA) is 133 Å². The van der Waals surface area contributed by atoms with Gasteiger partial charge < -0.3 is 20.9 Å². The molecule has 10 nitrogen and oxygen atoms in total. The summed E-state index contributed by atoms with van der Waals surface area (Å²) in [5, 5.41) is 20.8. The Balaban J connectivity index is 1.26. The SMILES string of the molecule is Cn1nnc2cc(CNC(=O)C3CC(Cc4ccccc4C#N)CN3C(=O)C(N)CCCN3CCCC3)ccc21. The largest absolute Gasteiger partial charge is 0.350 e. The average molecular weight is 543 g/mol. The molecule has 2 aromatic carbocycles. The first-order valence-electron chi connectivity index (χ1n) is 14.3. The average Bonchev–Trinajstić information content (AvgIpc) is 3.72.